The molecule has 0 radical (unpaired) electrons. The molecule has 4 unspecified atom stereocenters. The fourth-order valence-electron chi connectivity index (χ4n) is 7.20. The number of hydrogen-bond acceptors (Lipinski definition) is 8. The first-order valence-corrected chi connectivity index (χ1v) is 23.3. The minimum absolute atomic E-state index is 0. The van der Waals surface area contributed by atoms with Gasteiger partial charge in [0.05, 0.1) is 37.6 Å². The number of rotatable bonds is 38. The molecule has 0 spiro atoms. The molecule has 9 heteroatoms. The molecule has 0 fully saturated rings. The minimum Gasteiger partial charge on any atom is -0.550 e. The molecular weight excluding hydrogens is 866 g/mol. The van der Waals surface area contributed by atoms with Crippen LogP contribution in [-0.4, -0.2) is 95.4 Å². The molecule has 0 aromatic heterocycles. The Labute approximate surface area is 400 Å². The average molecular weight is 949 g/mol. The molecule has 0 saturated heterocycles. The number of carboxylic acid groups (broad SMARTS) is 2. The van der Waals surface area contributed by atoms with E-state index >= 15 is 0 Å². The smallest absolute Gasteiger partial charge is 0.550 e. The van der Waals surface area contributed by atoms with Gasteiger partial charge in [-0.15, -0.1) is 0 Å². The molecule has 0 aliphatic heterocycles. The van der Waals surface area contributed by atoms with E-state index in [2.05, 4.69) is 38.1 Å². The quantitative estimate of drug-likeness (QED) is 0.0501. The van der Waals surface area contributed by atoms with Crippen molar-refractivity contribution in [2.45, 2.75) is 231 Å². The van der Waals surface area contributed by atoms with E-state index in [1.165, 1.54) is 101 Å². The van der Waals surface area contributed by atoms with E-state index in [-0.39, 0.29) is 86.1 Å². The minimum atomic E-state index is -1.01. The van der Waals surface area contributed by atoms with Crippen LogP contribution >= 0.6 is 0 Å². The average Bonchev–Trinajstić information content (AvgIpc) is 3.22. The molecule has 0 bridgehead atoms. The molecular formula is C50H82BaO8. The van der Waals surface area contributed by atoms with Crippen LogP contribution in [0.3, 0.4) is 0 Å². The van der Waals surface area contributed by atoms with Crippen LogP contribution in [0.4, 0.5) is 0 Å². The van der Waals surface area contributed by atoms with Gasteiger partial charge in [0.25, 0.3) is 0 Å². The number of carbonyl (C=O) groups is 2. The van der Waals surface area contributed by atoms with Crippen molar-refractivity contribution in [3.05, 3.63) is 71.8 Å². The molecule has 8 nitrogen and oxygen atoms in total. The summed E-state index contributed by atoms with van der Waals surface area (Å²) in [7, 11) is 0. The number of aliphatic hydroxyl groups excluding tert-OH is 2. The van der Waals surface area contributed by atoms with Crippen molar-refractivity contribution in [1.29, 1.82) is 0 Å². The Kier molecular flexibility index (Phi) is 41.2. The van der Waals surface area contributed by atoms with Gasteiger partial charge in [0, 0.05) is 11.9 Å². The van der Waals surface area contributed by atoms with Gasteiger partial charge in [-0.25, -0.2) is 0 Å². The summed E-state index contributed by atoms with van der Waals surface area (Å²) in [6, 6.07) is 20.5. The molecule has 2 aromatic carbocycles. The van der Waals surface area contributed by atoms with Crippen molar-refractivity contribution in [2.75, 3.05) is 0 Å². The largest absolute Gasteiger partial charge is 2.00 e. The standard InChI is InChI=1S/2C25H42O4.Ba/c2*1-2-3-4-5-6-7-11-17-24(29-21-22-14-9-8-10-15-22)20-19-23(26)16-12-13-18-25(27)28;/h2*8-10,14-15,23-24,26H,2-7,11-13,16-21H2,1H3,(H,27,28);/q;;+2/p-2. The number of ether oxygens (including phenoxy) is 2. The molecule has 2 N–H and O–H groups in total. The fourth-order valence-corrected chi connectivity index (χ4v) is 7.20. The van der Waals surface area contributed by atoms with Gasteiger partial charge in [-0.3, -0.25) is 0 Å². The second-order valence-electron chi connectivity index (χ2n) is 16.4. The number of benzene rings is 2. The number of carboxylic acids is 2. The van der Waals surface area contributed by atoms with E-state index in [9.17, 15) is 30.0 Å². The van der Waals surface area contributed by atoms with Gasteiger partial charge in [-0.2, -0.15) is 0 Å². The molecule has 332 valence electrons. The van der Waals surface area contributed by atoms with Crippen LogP contribution in [0.5, 0.6) is 0 Å². The number of hydrogen-bond donors (Lipinski definition) is 2. The van der Waals surface area contributed by atoms with E-state index in [1.807, 2.05) is 36.4 Å². The van der Waals surface area contributed by atoms with E-state index < -0.39 is 11.9 Å². The maximum absolute atomic E-state index is 10.5. The van der Waals surface area contributed by atoms with Crippen LogP contribution in [-0.2, 0) is 32.3 Å². The zero-order valence-corrected chi connectivity index (χ0v) is 41.8. The van der Waals surface area contributed by atoms with Crippen LogP contribution < -0.4 is 10.2 Å². The normalized spacial score (nSPS) is 13.1. The predicted molar refractivity (Wildman–Crippen MR) is 238 cm³/mol. The van der Waals surface area contributed by atoms with E-state index in [4.69, 9.17) is 9.47 Å². The van der Waals surface area contributed by atoms with Crippen LogP contribution in [0, 0.1) is 0 Å². The maximum atomic E-state index is 10.5. The molecule has 0 aliphatic carbocycles. The van der Waals surface area contributed by atoms with Crippen molar-refractivity contribution >= 4 is 60.8 Å². The van der Waals surface area contributed by atoms with Gasteiger partial charge in [0.15, 0.2) is 0 Å². The SMILES string of the molecule is CCCCCCCCCC(CCC(O)CCCCC(=O)[O-])OCc1ccccc1.CCCCCCCCCC(CCC(O)CCCCC(=O)[O-])OCc1ccccc1.[Ba+2]. The third-order valence-electron chi connectivity index (χ3n) is 10.9. The third kappa shape index (κ3) is 38.2. The van der Waals surface area contributed by atoms with Crippen molar-refractivity contribution in [2.24, 2.45) is 0 Å². The van der Waals surface area contributed by atoms with Crippen LogP contribution in [0.15, 0.2) is 60.7 Å². The van der Waals surface area contributed by atoms with Crippen molar-refractivity contribution < 1.29 is 39.5 Å². The fraction of sp³-hybridized carbons (Fsp3) is 0.720. The molecule has 0 amide bonds. The Bertz CT molecular complexity index is 1110. The predicted octanol–water partition coefficient (Wildman–Crippen LogP) is 9.95. The molecule has 2 aromatic rings. The van der Waals surface area contributed by atoms with E-state index in [0.29, 0.717) is 51.7 Å². The molecule has 59 heavy (non-hydrogen) atoms. The number of aliphatic carboxylic acids is 2. The first-order chi connectivity index (χ1) is 28.2. The second kappa shape index (κ2) is 42.1. The van der Waals surface area contributed by atoms with Crippen LogP contribution in [0.2, 0.25) is 0 Å². The number of unbranched alkanes of at least 4 members (excludes halogenated alkanes) is 14. The van der Waals surface area contributed by atoms with Crippen molar-refractivity contribution in [3.8, 4) is 0 Å². The summed E-state index contributed by atoms with van der Waals surface area (Å²) in [5, 5.41) is 41.4. The molecule has 4 atom stereocenters. The summed E-state index contributed by atoms with van der Waals surface area (Å²) < 4.78 is 12.4. The van der Waals surface area contributed by atoms with Crippen LogP contribution in [0.1, 0.15) is 205 Å². The summed E-state index contributed by atoms with van der Waals surface area (Å²) in [6.45, 7) is 5.71. The number of aliphatic hydroxyl groups is 2. The number of carbonyl (C=O) groups excluding carboxylic acids is 2. The van der Waals surface area contributed by atoms with Gasteiger partial charge in [-0.1, -0.05) is 177 Å². The summed E-state index contributed by atoms with van der Waals surface area (Å²) in [5.74, 6) is -2.02. The van der Waals surface area contributed by atoms with Gasteiger partial charge in [0.2, 0.25) is 0 Å². The Morgan fingerprint density at radius 3 is 1.12 bits per heavy atom. The summed E-state index contributed by atoms with van der Waals surface area (Å²) in [5.41, 5.74) is 2.36. The molecule has 0 saturated carbocycles. The first-order valence-electron chi connectivity index (χ1n) is 23.3. The van der Waals surface area contributed by atoms with Gasteiger partial charge in [0.1, 0.15) is 0 Å². The third-order valence-corrected chi connectivity index (χ3v) is 10.9. The monoisotopic (exact) mass is 949 g/mol. The van der Waals surface area contributed by atoms with Gasteiger partial charge >= 0.3 is 48.9 Å². The Morgan fingerprint density at radius 1 is 0.458 bits per heavy atom. The first kappa shape index (κ1) is 57.8. The maximum Gasteiger partial charge on any atom is 2.00 e. The molecule has 0 heterocycles. The van der Waals surface area contributed by atoms with Crippen molar-refractivity contribution in [3.63, 3.8) is 0 Å². The summed E-state index contributed by atoms with van der Waals surface area (Å²) in [4.78, 5) is 20.9. The molecule has 0 aliphatic rings. The zero-order valence-electron chi connectivity index (χ0n) is 37.3. The Balaban J connectivity index is 0.00000112. The van der Waals surface area contributed by atoms with Gasteiger partial charge < -0.3 is 39.5 Å². The summed E-state index contributed by atoms with van der Waals surface area (Å²) in [6.07, 6.45) is 26.9. The molecule has 2 rings (SSSR count). The Hall–Kier alpha value is -1.21. The Morgan fingerprint density at radius 2 is 0.780 bits per heavy atom. The zero-order chi connectivity index (χ0) is 42.3. The van der Waals surface area contributed by atoms with E-state index in [0.717, 1.165) is 38.5 Å². The topological polar surface area (TPSA) is 139 Å². The van der Waals surface area contributed by atoms with Crippen LogP contribution in [0.25, 0.3) is 0 Å². The van der Waals surface area contributed by atoms with Gasteiger partial charge in [-0.05, 0) is 88.2 Å². The second-order valence-corrected chi connectivity index (χ2v) is 16.4. The van der Waals surface area contributed by atoms with Crippen molar-refractivity contribution in [1.82, 2.24) is 0 Å². The summed E-state index contributed by atoms with van der Waals surface area (Å²) >= 11 is 0. The van der Waals surface area contributed by atoms with E-state index in [1.54, 1.807) is 0 Å².